The number of carbonyl (C=O) groups is 1. The Morgan fingerprint density at radius 2 is 1.74 bits per heavy atom. The van der Waals surface area contributed by atoms with Crippen LogP contribution >= 0.6 is 0 Å². The highest BCUT2D eigenvalue weighted by atomic mass is 32.2. The van der Waals surface area contributed by atoms with Gasteiger partial charge in [0, 0.05) is 6.26 Å². The maximum absolute atomic E-state index is 14.7. The molecule has 8 heteroatoms. The molecule has 0 aliphatic rings. The zero-order valence-electron chi connectivity index (χ0n) is 17.8. The second kappa shape index (κ2) is 9.28. The Bertz CT molecular complexity index is 1190. The van der Waals surface area contributed by atoms with Gasteiger partial charge in [-0.05, 0) is 62.1 Å². The summed E-state index contributed by atoms with van der Waals surface area (Å²) in [6.07, 6.45) is 0.909. The summed E-state index contributed by atoms with van der Waals surface area (Å²) in [5, 5.41) is 18.6. The molecule has 0 saturated heterocycles. The van der Waals surface area contributed by atoms with Gasteiger partial charge in [0.05, 0.1) is 28.9 Å². The van der Waals surface area contributed by atoms with Crippen molar-refractivity contribution in [3.63, 3.8) is 0 Å². The van der Waals surface area contributed by atoms with Crippen molar-refractivity contribution in [3.8, 4) is 23.3 Å². The highest BCUT2D eigenvalue weighted by Gasteiger charge is 2.22. The molecule has 0 spiro atoms. The van der Waals surface area contributed by atoms with E-state index in [4.69, 9.17) is 4.74 Å². The molecule has 0 radical (unpaired) electrons. The Hall–Kier alpha value is -3.23. The molecule has 0 bridgehead atoms. The second-order valence-electron chi connectivity index (χ2n) is 8.22. The SMILES string of the molecule is CC(C)(C)OC(=O)C[C@H](C#N)Cc1ccc(-c2ccc(S(C)(=O)=O)c(C#N)c2)cc1F. The van der Waals surface area contributed by atoms with Gasteiger partial charge in [-0.2, -0.15) is 10.5 Å². The van der Waals surface area contributed by atoms with E-state index in [1.165, 1.54) is 30.3 Å². The minimum Gasteiger partial charge on any atom is -0.460 e. The van der Waals surface area contributed by atoms with E-state index >= 15 is 0 Å². The maximum Gasteiger partial charge on any atom is 0.307 e. The molecule has 0 fully saturated rings. The monoisotopic (exact) mass is 442 g/mol. The van der Waals surface area contributed by atoms with Crippen molar-refractivity contribution in [2.24, 2.45) is 5.92 Å². The molecule has 0 saturated carbocycles. The standard InChI is InChI=1S/C23H23FN2O4S/c1-23(2,3)30-22(27)10-15(13-25)9-18-6-5-17(12-20(18)24)16-7-8-21(31(4,28)29)19(11-16)14-26/h5-8,11-12,15H,9-10H2,1-4H3/t15-/m1/s1. The average Bonchev–Trinajstić information content (AvgIpc) is 2.66. The Balaban J connectivity index is 2.25. The summed E-state index contributed by atoms with van der Waals surface area (Å²) in [5.41, 5.74) is 0.524. The van der Waals surface area contributed by atoms with Crippen LogP contribution in [0, 0.1) is 34.4 Å². The molecule has 0 aromatic heterocycles. The lowest BCUT2D eigenvalue weighted by Gasteiger charge is -2.20. The second-order valence-corrected chi connectivity index (χ2v) is 10.2. The van der Waals surface area contributed by atoms with Crippen molar-refractivity contribution < 1.29 is 22.3 Å². The Morgan fingerprint density at radius 1 is 1.13 bits per heavy atom. The normalized spacial score (nSPS) is 12.5. The lowest BCUT2D eigenvalue weighted by Crippen LogP contribution is -2.25. The first-order valence-corrected chi connectivity index (χ1v) is 11.4. The first-order chi connectivity index (χ1) is 14.3. The molecule has 2 aromatic carbocycles. The summed E-state index contributed by atoms with van der Waals surface area (Å²) in [4.78, 5) is 11.9. The van der Waals surface area contributed by atoms with Gasteiger partial charge in [-0.25, -0.2) is 12.8 Å². The van der Waals surface area contributed by atoms with Crippen LogP contribution in [0.4, 0.5) is 4.39 Å². The zero-order valence-corrected chi connectivity index (χ0v) is 18.6. The van der Waals surface area contributed by atoms with Crippen LogP contribution in [-0.2, 0) is 25.8 Å². The van der Waals surface area contributed by atoms with Gasteiger partial charge >= 0.3 is 5.97 Å². The van der Waals surface area contributed by atoms with Gasteiger partial charge in [0.2, 0.25) is 0 Å². The van der Waals surface area contributed by atoms with Gasteiger partial charge in [-0.15, -0.1) is 0 Å². The third-order valence-corrected chi connectivity index (χ3v) is 5.52. The van der Waals surface area contributed by atoms with E-state index in [-0.39, 0.29) is 28.9 Å². The molecule has 0 unspecified atom stereocenters. The number of halogens is 1. The molecule has 1 atom stereocenters. The summed E-state index contributed by atoms with van der Waals surface area (Å²) < 4.78 is 43.5. The van der Waals surface area contributed by atoms with Crippen LogP contribution in [0.15, 0.2) is 41.3 Å². The van der Waals surface area contributed by atoms with E-state index in [1.807, 2.05) is 12.1 Å². The number of nitrogens with zero attached hydrogens (tertiary/aromatic N) is 2. The molecule has 2 aromatic rings. The average molecular weight is 443 g/mol. The quantitative estimate of drug-likeness (QED) is 0.621. The van der Waals surface area contributed by atoms with Crippen LogP contribution in [-0.4, -0.2) is 26.2 Å². The van der Waals surface area contributed by atoms with Gasteiger partial charge in [-0.1, -0.05) is 18.2 Å². The number of sulfone groups is 1. The van der Waals surface area contributed by atoms with Crippen molar-refractivity contribution >= 4 is 15.8 Å². The van der Waals surface area contributed by atoms with Crippen LogP contribution in [0.3, 0.4) is 0 Å². The summed E-state index contributed by atoms with van der Waals surface area (Å²) in [6, 6.07) is 12.5. The van der Waals surface area contributed by atoms with Crippen LogP contribution in [0.25, 0.3) is 11.1 Å². The number of benzene rings is 2. The zero-order chi connectivity index (χ0) is 23.4. The maximum atomic E-state index is 14.7. The Labute approximate surface area is 181 Å². The smallest absolute Gasteiger partial charge is 0.307 e. The first kappa shape index (κ1) is 24.0. The van der Waals surface area contributed by atoms with Gasteiger partial charge < -0.3 is 4.74 Å². The number of hydrogen-bond acceptors (Lipinski definition) is 6. The molecule has 31 heavy (non-hydrogen) atoms. The van der Waals surface area contributed by atoms with E-state index in [9.17, 15) is 28.1 Å². The molecule has 162 valence electrons. The summed E-state index contributed by atoms with van der Waals surface area (Å²) in [7, 11) is -3.56. The number of rotatable bonds is 6. The van der Waals surface area contributed by atoms with Crippen LogP contribution in [0.5, 0.6) is 0 Å². The fourth-order valence-corrected chi connectivity index (χ4v) is 3.85. The van der Waals surface area contributed by atoms with Crippen LogP contribution in [0.1, 0.15) is 38.3 Å². The van der Waals surface area contributed by atoms with E-state index in [1.54, 1.807) is 26.8 Å². The van der Waals surface area contributed by atoms with Crippen LogP contribution in [0.2, 0.25) is 0 Å². The number of esters is 1. The molecule has 2 rings (SSSR count). The highest BCUT2D eigenvalue weighted by Crippen LogP contribution is 2.27. The molecule has 6 nitrogen and oxygen atoms in total. The van der Waals surface area contributed by atoms with Crippen LogP contribution < -0.4 is 0 Å². The molecule has 0 aliphatic carbocycles. The topological polar surface area (TPSA) is 108 Å². The predicted molar refractivity (Wildman–Crippen MR) is 113 cm³/mol. The van der Waals surface area contributed by atoms with Crippen molar-refractivity contribution in [3.05, 3.63) is 53.3 Å². The van der Waals surface area contributed by atoms with Crippen molar-refractivity contribution in [1.82, 2.24) is 0 Å². The van der Waals surface area contributed by atoms with E-state index in [0.717, 1.165) is 6.26 Å². The first-order valence-electron chi connectivity index (χ1n) is 9.48. The highest BCUT2D eigenvalue weighted by molar-refractivity contribution is 7.90. The summed E-state index contributed by atoms with van der Waals surface area (Å²) in [5.74, 6) is -1.83. The van der Waals surface area contributed by atoms with Crippen molar-refractivity contribution in [2.45, 2.75) is 44.1 Å². The lowest BCUT2D eigenvalue weighted by molar-refractivity contribution is -0.155. The summed E-state index contributed by atoms with van der Waals surface area (Å²) in [6.45, 7) is 5.18. The number of hydrogen-bond donors (Lipinski definition) is 0. The Morgan fingerprint density at radius 3 is 2.26 bits per heavy atom. The molecule has 0 aliphatic heterocycles. The minimum atomic E-state index is -3.56. The fraction of sp³-hybridized carbons (Fsp3) is 0.348. The van der Waals surface area contributed by atoms with E-state index in [2.05, 4.69) is 0 Å². The number of nitriles is 2. The Kier molecular flexibility index (Phi) is 7.20. The van der Waals surface area contributed by atoms with Gasteiger partial charge in [0.25, 0.3) is 0 Å². The molecule has 0 heterocycles. The van der Waals surface area contributed by atoms with Gasteiger partial charge in [0.15, 0.2) is 9.84 Å². The minimum absolute atomic E-state index is 0.0219. The van der Waals surface area contributed by atoms with Gasteiger partial charge in [-0.3, -0.25) is 4.79 Å². The third-order valence-electron chi connectivity index (χ3n) is 4.37. The van der Waals surface area contributed by atoms with Gasteiger partial charge in [0.1, 0.15) is 17.5 Å². The molecular formula is C23H23FN2O4S. The van der Waals surface area contributed by atoms with E-state index < -0.39 is 33.1 Å². The number of ether oxygens (including phenoxy) is 1. The van der Waals surface area contributed by atoms with E-state index in [0.29, 0.717) is 11.1 Å². The fourth-order valence-electron chi connectivity index (χ4n) is 3.03. The summed E-state index contributed by atoms with van der Waals surface area (Å²) >= 11 is 0. The molecule has 0 N–H and O–H groups in total. The predicted octanol–water partition coefficient (Wildman–Crippen LogP) is 4.18. The van der Waals surface area contributed by atoms with Crippen molar-refractivity contribution in [2.75, 3.05) is 6.26 Å². The van der Waals surface area contributed by atoms with Crippen molar-refractivity contribution in [1.29, 1.82) is 10.5 Å². The third kappa shape index (κ3) is 6.63. The lowest BCUT2D eigenvalue weighted by atomic mass is 9.95. The number of carbonyl (C=O) groups excluding carboxylic acids is 1. The molecule has 0 amide bonds. The largest absolute Gasteiger partial charge is 0.460 e. The molecular weight excluding hydrogens is 419 g/mol.